The lowest BCUT2D eigenvalue weighted by atomic mass is 10.3. The summed E-state index contributed by atoms with van der Waals surface area (Å²) >= 11 is 0. The lowest BCUT2D eigenvalue weighted by molar-refractivity contribution is 0.0526. The second-order valence-corrected chi connectivity index (χ2v) is 3.12. The molecule has 0 aliphatic heterocycles. The van der Waals surface area contributed by atoms with Crippen molar-refractivity contribution in [2.75, 3.05) is 6.61 Å². The minimum atomic E-state index is -0.333. The number of carbonyl (C=O) groups excluding carboxylic acids is 1. The molecule has 0 aliphatic carbocycles. The predicted octanol–water partition coefficient (Wildman–Crippen LogP) is 1.21. The summed E-state index contributed by atoms with van der Waals surface area (Å²) in [5, 5.41) is 4.14. The lowest BCUT2D eigenvalue weighted by Gasteiger charge is -1.96. The molecular formula is C10H11N3O2. The van der Waals surface area contributed by atoms with Crippen LogP contribution in [0.25, 0.3) is 5.52 Å². The Kier molecular flexibility index (Phi) is 2.37. The van der Waals surface area contributed by atoms with Gasteiger partial charge in [-0.3, -0.25) is 0 Å². The third-order valence-corrected chi connectivity index (χ3v) is 1.98. The van der Waals surface area contributed by atoms with Crippen molar-refractivity contribution in [2.45, 2.75) is 13.8 Å². The molecule has 0 N–H and O–H groups in total. The molecule has 0 fully saturated rings. The maximum absolute atomic E-state index is 11.4. The normalized spacial score (nSPS) is 10.5. The van der Waals surface area contributed by atoms with E-state index in [1.807, 2.05) is 0 Å². The highest BCUT2D eigenvalue weighted by atomic mass is 16.5. The van der Waals surface area contributed by atoms with Crippen LogP contribution in [0.3, 0.4) is 0 Å². The molecule has 2 aromatic heterocycles. The number of aromatic nitrogens is 3. The van der Waals surface area contributed by atoms with E-state index in [1.54, 1.807) is 36.8 Å². The number of rotatable bonds is 2. The molecule has 0 radical (unpaired) electrons. The Hall–Kier alpha value is -1.91. The van der Waals surface area contributed by atoms with Crippen LogP contribution in [-0.4, -0.2) is 27.2 Å². The number of nitrogens with zero attached hydrogens (tertiary/aromatic N) is 3. The summed E-state index contributed by atoms with van der Waals surface area (Å²) in [7, 11) is 0. The Bertz CT molecular complexity index is 504. The smallest absolute Gasteiger partial charge is 0.339 e. The number of hydrogen-bond donors (Lipinski definition) is 0. The number of aryl methyl sites for hydroxylation is 1. The minimum Gasteiger partial charge on any atom is -0.462 e. The summed E-state index contributed by atoms with van der Waals surface area (Å²) in [4.78, 5) is 15.5. The number of esters is 1. The van der Waals surface area contributed by atoms with Crippen LogP contribution in [-0.2, 0) is 4.74 Å². The Balaban J connectivity index is 2.42. The van der Waals surface area contributed by atoms with E-state index in [-0.39, 0.29) is 5.97 Å². The van der Waals surface area contributed by atoms with E-state index in [4.69, 9.17) is 4.74 Å². The molecule has 5 heteroatoms. The third-order valence-electron chi connectivity index (χ3n) is 1.98. The molecule has 0 unspecified atom stereocenters. The molecule has 2 heterocycles. The van der Waals surface area contributed by atoms with Crippen LogP contribution in [0, 0.1) is 6.92 Å². The maximum Gasteiger partial charge on any atom is 0.339 e. The van der Waals surface area contributed by atoms with Crippen molar-refractivity contribution in [3.05, 3.63) is 29.8 Å². The van der Waals surface area contributed by atoms with Crippen molar-refractivity contribution in [1.82, 2.24) is 14.6 Å². The molecule has 0 bridgehead atoms. The second kappa shape index (κ2) is 3.68. The quantitative estimate of drug-likeness (QED) is 0.691. The van der Waals surface area contributed by atoms with Gasteiger partial charge in [-0.2, -0.15) is 5.10 Å². The summed E-state index contributed by atoms with van der Waals surface area (Å²) in [6, 6.07) is 1.71. The maximum atomic E-state index is 11.4. The van der Waals surface area contributed by atoms with Crippen molar-refractivity contribution < 1.29 is 9.53 Å². The second-order valence-electron chi connectivity index (χ2n) is 3.12. The van der Waals surface area contributed by atoms with E-state index < -0.39 is 0 Å². The zero-order chi connectivity index (χ0) is 10.8. The van der Waals surface area contributed by atoms with Crippen LogP contribution in [0.1, 0.15) is 23.1 Å². The van der Waals surface area contributed by atoms with Gasteiger partial charge in [0.15, 0.2) is 0 Å². The molecule has 0 spiro atoms. The lowest BCUT2D eigenvalue weighted by Crippen LogP contribution is -2.02. The Morgan fingerprint density at radius 3 is 3.13 bits per heavy atom. The zero-order valence-electron chi connectivity index (χ0n) is 8.60. The summed E-state index contributed by atoms with van der Waals surface area (Å²) in [5.74, 6) is 0.328. The molecule has 0 saturated carbocycles. The average molecular weight is 205 g/mol. The van der Waals surface area contributed by atoms with Crippen molar-refractivity contribution in [2.24, 2.45) is 0 Å². The molecule has 15 heavy (non-hydrogen) atoms. The van der Waals surface area contributed by atoms with Crippen molar-refractivity contribution in [1.29, 1.82) is 0 Å². The van der Waals surface area contributed by atoms with E-state index in [0.717, 1.165) is 5.52 Å². The van der Waals surface area contributed by atoms with Gasteiger partial charge in [0.1, 0.15) is 5.82 Å². The van der Waals surface area contributed by atoms with Gasteiger partial charge in [-0.15, -0.1) is 0 Å². The van der Waals surface area contributed by atoms with Crippen LogP contribution in [0.4, 0.5) is 0 Å². The summed E-state index contributed by atoms with van der Waals surface area (Å²) in [5.41, 5.74) is 1.28. The largest absolute Gasteiger partial charge is 0.462 e. The first-order valence-corrected chi connectivity index (χ1v) is 4.70. The van der Waals surface area contributed by atoms with Crippen molar-refractivity contribution in [3.63, 3.8) is 0 Å². The van der Waals surface area contributed by atoms with Crippen LogP contribution < -0.4 is 0 Å². The fourth-order valence-electron chi connectivity index (χ4n) is 1.32. The Morgan fingerprint density at radius 1 is 1.60 bits per heavy atom. The molecule has 2 aromatic rings. The van der Waals surface area contributed by atoms with Crippen molar-refractivity contribution in [3.8, 4) is 0 Å². The zero-order valence-corrected chi connectivity index (χ0v) is 8.60. The van der Waals surface area contributed by atoms with E-state index in [2.05, 4.69) is 10.1 Å². The van der Waals surface area contributed by atoms with Crippen LogP contribution in [0.2, 0.25) is 0 Å². The molecule has 0 saturated heterocycles. The highest BCUT2D eigenvalue weighted by molar-refractivity contribution is 5.90. The van der Waals surface area contributed by atoms with Gasteiger partial charge in [0, 0.05) is 6.20 Å². The molecule has 0 aromatic carbocycles. The van der Waals surface area contributed by atoms with Crippen LogP contribution in [0.5, 0.6) is 0 Å². The summed E-state index contributed by atoms with van der Waals surface area (Å²) in [6.45, 7) is 3.94. The monoisotopic (exact) mass is 205 g/mol. The van der Waals surface area contributed by atoms with Crippen molar-refractivity contribution >= 4 is 11.5 Å². The molecule has 2 rings (SSSR count). The van der Waals surface area contributed by atoms with Gasteiger partial charge in [-0.05, 0) is 19.9 Å². The van der Waals surface area contributed by atoms with Gasteiger partial charge in [-0.1, -0.05) is 0 Å². The SMILES string of the molecule is CCOC(=O)c1cc2cnc(C)nn2c1. The fraction of sp³-hybridized carbons (Fsp3) is 0.300. The Labute approximate surface area is 86.7 Å². The van der Waals surface area contributed by atoms with Gasteiger partial charge < -0.3 is 4.74 Å². The number of ether oxygens (including phenoxy) is 1. The molecular weight excluding hydrogens is 194 g/mol. The van der Waals surface area contributed by atoms with Gasteiger partial charge in [-0.25, -0.2) is 14.3 Å². The Morgan fingerprint density at radius 2 is 2.40 bits per heavy atom. The van der Waals surface area contributed by atoms with E-state index in [1.165, 1.54) is 0 Å². The van der Waals surface area contributed by atoms with Gasteiger partial charge in [0.2, 0.25) is 0 Å². The first-order chi connectivity index (χ1) is 7.20. The van der Waals surface area contributed by atoms with Gasteiger partial charge in [0.05, 0.1) is 23.9 Å². The number of fused-ring (bicyclic) bond motifs is 1. The number of carbonyl (C=O) groups is 1. The van der Waals surface area contributed by atoms with E-state index >= 15 is 0 Å². The van der Waals surface area contributed by atoms with E-state index in [9.17, 15) is 4.79 Å². The fourth-order valence-corrected chi connectivity index (χ4v) is 1.32. The topological polar surface area (TPSA) is 56.5 Å². The number of hydrogen-bond acceptors (Lipinski definition) is 4. The van der Waals surface area contributed by atoms with Crippen LogP contribution >= 0.6 is 0 Å². The molecule has 0 atom stereocenters. The predicted molar refractivity (Wildman–Crippen MR) is 53.7 cm³/mol. The average Bonchev–Trinajstić information content (AvgIpc) is 2.60. The highest BCUT2D eigenvalue weighted by Crippen LogP contribution is 2.08. The standard InChI is InChI=1S/C10H11N3O2/c1-3-15-10(14)8-4-9-5-11-7(2)12-13(9)6-8/h4-6H,3H2,1-2H3. The first-order valence-electron chi connectivity index (χ1n) is 4.70. The highest BCUT2D eigenvalue weighted by Gasteiger charge is 2.09. The van der Waals surface area contributed by atoms with Crippen LogP contribution in [0.15, 0.2) is 18.5 Å². The first kappa shape index (κ1) is 9.64. The molecule has 0 aliphatic rings. The van der Waals surface area contributed by atoms with Gasteiger partial charge in [0.25, 0.3) is 0 Å². The molecule has 78 valence electrons. The molecule has 5 nitrogen and oxygen atoms in total. The minimum absolute atomic E-state index is 0.333. The van der Waals surface area contributed by atoms with E-state index in [0.29, 0.717) is 18.0 Å². The third kappa shape index (κ3) is 1.81. The van der Waals surface area contributed by atoms with Gasteiger partial charge >= 0.3 is 5.97 Å². The summed E-state index contributed by atoms with van der Waals surface area (Å²) < 4.78 is 6.51. The summed E-state index contributed by atoms with van der Waals surface area (Å²) in [6.07, 6.45) is 3.31. The molecule has 0 amide bonds.